The first-order chi connectivity index (χ1) is 14.4. The zero-order valence-electron chi connectivity index (χ0n) is 18.3. The second-order valence-corrected chi connectivity index (χ2v) is 10.1. The van der Waals surface area contributed by atoms with Crippen LogP contribution in [0.5, 0.6) is 0 Å². The Labute approximate surface area is 179 Å². The second kappa shape index (κ2) is 7.59. The van der Waals surface area contributed by atoms with Crippen LogP contribution in [-0.4, -0.2) is 82.4 Å². The van der Waals surface area contributed by atoms with E-state index >= 15 is 0 Å². The van der Waals surface area contributed by atoms with Gasteiger partial charge in [0.25, 0.3) is 0 Å². The molecule has 1 amide bonds. The number of likely N-dealkylation sites (tertiary alicyclic amines) is 1. The number of aliphatic hydroxyl groups excluding tert-OH is 1. The van der Waals surface area contributed by atoms with Crippen LogP contribution in [0.4, 0.5) is 0 Å². The summed E-state index contributed by atoms with van der Waals surface area (Å²) in [4.78, 5) is 20.0. The van der Waals surface area contributed by atoms with Crippen LogP contribution in [-0.2, 0) is 16.1 Å². The summed E-state index contributed by atoms with van der Waals surface area (Å²) in [5, 5.41) is 10.5. The number of carbonyl (C=O) groups is 1. The lowest BCUT2D eigenvalue weighted by Gasteiger charge is -2.48. The summed E-state index contributed by atoms with van der Waals surface area (Å²) in [6, 6.07) is 10.3. The minimum absolute atomic E-state index is 0.123. The number of hydrogen-bond acceptors (Lipinski definition) is 5. The minimum atomic E-state index is -0.553. The molecule has 6 heteroatoms. The van der Waals surface area contributed by atoms with Crippen LogP contribution in [0.15, 0.2) is 30.3 Å². The molecule has 0 bridgehead atoms. The van der Waals surface area contributed by atoms with Gasteiger partial charge in [-0.25, -0.2) is 0 Å². The number of hydrogen-bond donors (Lipinski definition) is 1. The van der Waals surface area contributed by atoms with Crippen molar-refractivity contribution in [1.29, 1.82) is 0 Å². The predicted octanol–water partition coefficient (Wildman–Crippen LogP) is 2.07. The van der Waals surface area contributed by atoms with E-state index in [1.807, 2.05) is 30.0 Å². The molecule has 4 aliphatic rings. The Bertz CT molecular complexity index is 783. The van der Waals surface area contributed by atoms with Gasteiger partial charge in [-0.2, -0.15) is 0 Å². The highest BCUT2D eigenvalue weighted by Crippen LogP contribution is 2.53. The van der Waals surface area contributed by atoms with E-state index in [1.165, 1.54) is 18.4 Å². The van der Waals surface area contributed by atoms with Gasteiger partial charge in [-0.05, 0) is 57.1 Å². The molecule has 4 fully saturated rings. The summed E-state index contributed by atoms with van der Waals surface area (Å²) < 4.78 is 6.24. The number of aliphatic hydroxyl groups is 1. The number of ether oxygens (including phenoxy) is 1. The number of amides is 1. The molecule has 1 aliphatic carbocycles. The fraction of sp³-hybridized carbons (Fsp3) is 0.708. The van der Waals surface area contributed by atoms with Gasteiger partial charge in [-0.3, -0.25) is 9.69 Å². The molecular formula is C24H35N3O3. The lowest BCUT2D eigenvalue weighted by molar-refractivity contribution is -0.173. The summed E-state index contributed by atoms with van der Waals surface area (Å²) in [6.45, 7) is 8.95. The Morgan fingerprint density at radius 2 is 1.97 bits per heavy atom. The zero-order valence-corrected chi connectivity index (χ0v) is 18.3. The zero-order chi connectivity index (χ0) is 20.9. The van der Waals surface area contributed by atoms with Crippen molar-refractivity contribution in [2.24, 2.45) is 5.41 Å². The van der Waals surface area contributed by atoms with Gasteiger partial charge in [0.2, 0.25) is 5.91 Å². The number of piperazine rings is 1. The number of piperidine rings is 1. The molecular weight excluding hydrogens is 378 g/mol. The molecule has 1 N–H and O–H groups in total. The molecule has 1 spiro atoms. The maximum Gasteiger partial charge on any atom is 0.242 e. The fourth-order valence-electron chi connectivity index (χ4n) is 5.79. The normalized spacial score (nSPS) is 36.3. The third-order valence-electron chi connectivity index (χ3n) is 8.06. The number of carbonyl (C=O) groups excluding carboxylic acids is 1. The number of fused-ring (bicyclic) bond motifs is 1. The van der Waals surface area contributed by atoms with E-state index < -0.39 is 5.72 Å². The quantitative estimate of drug-likeness (QED) is 0.801. The van der Waals surface area contributed by atoms with Gasteiger partial charge in [0.1, 0.15) is 0 Å². The van der Waals surface area contributed by atoms with Crippen molar-refractivity contribution in [3.8, 4) is 0 Å². The molecule has 1 aromatic rings. The van der Waals surface area contributed by atoms with Crippen LogP contribution in [0.2, 0.25) is 0 Å². The summed E-state index contributed by atoms with van der Waals surface area (Å²) in [6.07, 6.45) is 4.22. The van der Waals surface area contributed by atoms with Crippen molar-refractivity contribution in [3.05, 3.63) is 35.9 Å². The Kier molecular flexibility index (Phi) is 5.17. The number of rotatable bonds is 5. The van der Waals surface area contributed by atoms with Crippen LogP contribution in [0.3, 0.4) is 0 Å². The largest absolute Gasteiger partial charge is 0.391 e. The Balaban J connectivity index is 1.21. The smallest absolute Gasteiger partial charge is 0.242 e. The molecule has 1 aromatic carbocycles. The van der Waals surface area contributed by atoms with E-state index in [0.29, 0.717) is 6.61 Å². The molecule has 1 unspecified atom stereocenters. The number of β-amino-alcohol motifs (C(OH)–C–C–N with tert-alkyl or cyclic N) is 1. The second-order valence-electron chi connectivity index (χ2n) is 10.1. The van der Waals surface area contributed by atoms with Gasteiger partial charge in [-0.15, -0.1) is 0 Å². The molecule has 4 atom stereocenters. The van der Waals surface area contributed by atoms with Gasteiger partial charge in [0.05, 0.1) is 24.8 Å². The highest BCUT2D eigenvalue weighted by molar-refractivity contribution is 5.83. The summed E-state index contributed by atoms with van der Waals surface area (Å²) >= 11 is 0. The maximum atomic E-state index is 13.4. The molecule has 0 aromatic heterocycles. The first-order valence-corrected chi connectivity index (χ1v) is 11.6. The van der Waals surface area contributed by atoms with Crippen LogP contribution in [0.25, 0.3) is 0 Å². The third-order valence-corrected chi connectivity index (χ3v) is 8.06. The third kappa shape index (κ3) is 3.58. The monoisotopic (exact) mass is 413 g/mol. The lowest BCUT2D eigenvalue weighted by atomic mass is 9.90. The van der Waals surface area contributed by atoms with Gasteiger partial charge in [-0.1, -0.05) is 30.3 Å². The van der Waals surface area contributed by atoms with Gasteiger partial charge < -0.3 is 19.6 Å². The van der Waals surface area contributed by atoms with Crippen LogP contribution in [0.1, 0.15) is 45.1 Å². The summed E-state index contributed by atoms with van der Waals surface area (Å²) in [5.74, 6) is 0.179. The maximum absolute atomic E-state index is 13.4. The van der Waals surface area contributed by atoms with E-state index in [2.05, 4.69) is 28.9 Å². The van der Waals surface area contributed by atoms with E-state index in [1.54, 1.807) is 0 Å². The molecule has 1 saturated carbocycles. The molecule has 30 heavy (non-hydrogen) atoms. The Hall–Kier alpha value is -1.47. The highest BCUT2D eigenvalue weighted by atomic mass is 16.5. The molecule has 6 nitrogen and oxygen atoms in total. The minimum Gasteiger partial charge on any atom is -0.391 e. The van der Waals surface area contributed by atoms with E-state index in [-0.39, 0.29) is 29.5 Å². The van der Waals surface area contributed by atoms with Crippen molar-refractivity contribution in [1.82, 2.24) is 14.7 Å². The topological polar surface area (TPSA) is 56.3 Å². The average Bonchev–Trinajstić information content (AvgIpc) is 3.44. The average molecular weight is 414 g/mol. The highest BCUT2D eigenvalue weighted by Gasteiger charge is 2.54. The molecule has 0 radical (unpaired) electrons. The number of benzene rings is 1. The molecule has 3 heterocycles. The van der Waals surface area contributed by atoms with Gasteiger partial charge in [0, 0.05) is 26.2 Å². The van der Waals surface area contributed by atoms with E-state index in [9.17, 15) is 9.90 Å². The van der Waals surface area contributed by atoms with Crippen molar-refractivity contribution in [2.45, 2.75) is 70.0 Å². The molecule has 3 saturated heterocycles. The van der Waals surface area contributed by atoms with E-state index in [0.717, 1.165) is 45.6 Å². The van der Waals surface area contributed by atoms with Crippen molar-refractivity contribution >= 4 is 5.91 Å². The van der Waals surface area contributed by atoms with Crippen molar-refractivity contribution < 1.29 is 14.6 Å². The lowest BCUT2D eigenvalue weighted by Crippen LogP contribution is -2.66. The van der Waals surface area contributed by atoms with Crippen LogP contribution < -0.4 is 0 Å². The standard InChI is InChI=1S/C24H35N3O3/c1-18-22(29)27-20(8-12-25-13-11-24(9-10-24)21(28)15-25)16-30-23(27,2)17-26(18)14-19-6-4-3-5-7-19/h3-7,18,20-21,28H,8-17H2,1-2H3/t18-,20-,21?,23+/m0/s1. The SMILES string of the molecule is C[C@H]1C(=O)N2[C@@H](CCN3CCC4(CC4)C(O)C3)CO[C@]2(C)CN1Cc1ccccc1. The van der Waals surface area contributed by atoms with Crippen molar-refractivity contribution in [2.75, 3.05) is 32.8 Å². The number of nitrogens with zero attached hydrogens (tertiary/aromatic N) is 3. The van der Waals surface area contributed by atoms with Crippen LogP contribution in [0, 0.1) is 5.41 Å². The van der Waals surface area contributed by atoms with E-state index in [4.69, 9.17) is 4.74 Å². The van der Waals surface area contributed by atoms with Gasteiger partial charge in [0.15, 0.2) is 5.72 Å². The summed E-state index contributed by atoms with van der Waals surface area (Å²) in [5.41, 5.74) is 0.912. The Morgan fingerprint density at radius 3 is 2.67 bits per heavy atom. The fourth-order valence-corrected chi connectivity index (χ4v) is 5.79. The first-order valence-electron chi connectivity index (χ1n) is 11.6. The first kappa shape index (κ1) is 20.4. The molecule has 3 aliphatic heterocycles. The molecule has 5 rings (SSSR count). The molecule has 164 valence electrons. The Morgan fingerprint density at radius 1 is 1.20 bits per heavy atom. The predicted molar refractivity (Wildman–Crippen MR) is 115 cm³/mol. The van der Waals surface area contributed by atoms with Crippen molar-refractivity contribution in [3.63, 3.8) is 0 Å². The summed E-state index contributed by atoms with van der Waals surface area (Å²) in [7, 11) is 0. The van der Waals surface area contributed by atoms with Crippen LogP contribution >= 0.6 is 0 Å². The van der Waals surface area contributed by atoms with Gasteiger partial charge >= 0.3 is 0 Å².